The third-order valence-electron chi connectivity index (χ3n) is 7.37. The molecule has 0 unspecified atom stereocenters. The Morgan fingerprint density at radius 1 is 0.455 bits per heavy atom. The average molecular weight is 578 g/mol. The van der Waals surface area contributed by atoms with Gasteiger partial charge in [-0.3, -0.25) is 0 Å². The molecule has 0 saturated heterocycles. The lowest BCUT2D eigenvalue weighted by molar-refractivity contribution is 0.669. The number of aromatic nitrogens is 3. The normalized spacial score (nSPS) is 15.5. The first kappa shape index (κ1) is 15.4. The van der Waals surface area contributed by atoms with Crippen LogP contribution in [0, 0.1) is 0 Å². The SMILES string of the molecule is [2H]c1cc(-c2c([2H])c([2H])c([2H])c([2H])c2[2H])c2oc3ccc([2H])c(-c4nc(-c5ccc6c(c5)oc5ccccc56)nc(-c5c([2H])c([2H])c([2H])c([2H])c5[2H])n4)c3c2c1. The highest BCUT2D eigenvalue weighted by Crippen LogP contribution is 2.40. The first-order valence-electron chi connectivity index (χ1n) is 19.5. The van der Waals surface area contributed by atoms with Crippen molar-refractivity contribution < 1.29 is 25.3 Å². The molecule has 9 aromatic rings. The lowest BCUT2D eigenvalue weighted by atomic mass is 10.0. The molecule has 0 aliphatic carbocycles. The zero-order chi connectivity index (χ0) is 39.5. The summed E-state index contributed by atoms with van der Waals surface area (Å²) < 4.78 is 114. The van der Waals surface area contributed by atoms with Crippen LogP contribution in [0.5, 0.6) is 0 Å². The fraction of sp³-hybridized carbons (Fsp3) is 0. The molecule has 3 heterocycles. The molecule has 44 heavy (non-hydrogen) atoms. The van der Waals surface area contributed by atoms with E-state index in [1.807, 2.05) is 30.3 Å². The monoisotopic (exact) mass is 577 g/mol. The molecule has 206 valence electrons. The molecule has 0 bridgehead atoms. The van der Waals surface area contributed by atoms with Crippen LogP contribution >= 0.6 is 0 Å². The summed E-state index contributed by atoms with van der Waals surface area (Å²) in [5, 5.41) is 2.23. The molecule has 0 fully saturated rings. The van der Waals surface area contributed by atoms with Gasteiger partial charge in [0.25, 0.3) is 0 Å². The van der Waals surface area contributed by atoms with E-state index in [1.165, 1.54) is 24.3 Å². The summed E-state index contributed by atoms with van der Waals surface area (Å²) in [7, 11) is 0. The molecular formula is C39H23N3O2. The zero-order valence-corrected chi connectivity index (χ0v) is 22.5. The van der Waals surface area contributed by atoms with Crippen molar-refractivity contribution in [3.8, 4) is 45.3 Å². The second kappa shape index (κ2) is 9.75. The van der Waals surface area contributed by atoms with Gasteiger partial charge in [-0.1, -0.05) is 115 Å². The van der Waals surface area contributed by atoms with Gasteiger partial charge in [-0.25, -0.2) is 15.0 Å². The summed E-state index contributed by atoms with van der Waals surface area (Å²) in [5.74, 6) is -0.360. The number of para-hydroxylation sites is 2. The van der Waals surface area contributed by atoms with E-state index in [9.17, 15) is 0 Å². The molecular weight excluding hydrogens is 542 g/mol. The maximum atomic E-state index is 9.13. The molecule has 0 saturated carbocycles. The lowest BCUT2D eigenvalue weighted by Crippen LogP contribution is -2.00. The number of fused-ring (bicyclic) bond motifs is 6. The predicted octanol–water partition coefficient (Wildman–Crippen LogP) is 10.3. The minimum atomic E-state index is -0.599. The van der Waals surface area contributed by atoms with Gasteiger partial charge in [0.2, 0.25) is 0 Å². The second-order valence-electron chi connectivity index (χ2n) is 9.92. The van der Waals surface area contributed by atoms with Gasteiger partial charge in [0.15, 0.2) is 17.5 Å². The standard InChI is InChI=1S/C39H23N3O2/c1-3-11-24(12-4-1)27-16-9-17-30-35-31(18-10-20-33(35)44-36(27)30)39-41-37(25-13-5-2-6-14-25)40-38(42-39)26-21-22-29-28-15-7-8-19-32(28)43-34(29)23-26/h1-23H/i1D,2D,3D,4D,5D,6D,9D,11D,12D,13D,14D,18D. The van der Waals surface area contributed by atoms with Crippen LogP contribution in [-0.2, 0) is 0 Å². The van der Waals surface area contributed by atoms with Gasteiger partial charge in [-0.05, 0) is 29.8 Å². The van der Waals surface area contributed by atoms with Crippen molar-refractivity contribution in [2.45, 2.75) is 0 Å². The molecule has 0 amide bonds. The number of hydrogen-bond acceptors (Lipinski definition) is 5. The molecule has 3 aromatic heterocycles. The molecule has 5 heteroatoms. The third-order valence-corrected chi connectivity index (χ3v) is 7.37. The van der Waals surface area contributed by atoms with Crippen molar-refractivity contribution >= 4 is 43.9 Å². The van der Waals surface area contributed by atoms with E-state index in [0.29, 0.717) is 16.7 Å². The van der Waals surface area contributed by atoms with Crippen molar-refractivity contribution in [2.75, 3.05) is 0 Å². The summed E-state index contributed by atoms with van der Waals surface area (Å²) in [6.07, 6.45) is 0. The van der Waals surface area contributed by atoms with E-state index in [1.54, 1.807) is 12.1 Å². The van der Waals surface area contributed by atoms with E-state index in [4.69, 9.17) is 30.3 Å². The molecule has 0 N–H and O–H groups in total. The number of rotatable bonds is 4. The second-order valence-corrected chi connectivity index (χ2v) is 9.92. The summed E-state index contributed by atoms with van der Waals surface area (Å²) >= 11 is 0. The lowest BCUT2D eigenvalue weighted by Gasteiger charge is -2.09. The Balaban J connectivity index is 1.36. The molecule has 0 radical (unpaired) electrons. The number of hydrogen-bond donors (Lipinski definition) is 0. The Hall–Kier alpha value is -6.07. The largest absolute Gasteiger partial charge is 0.456 e. The van der Waals surface area contributed by atoms with Crippen LogP contribution in [0.4, 0.5) is 0 Å². The summed E-state index contributed by atoms with van der Waals surface area (Å²) in [4.78, 5) is 14.1. The number of benzene rings is 6. The van der Waals surface area contributed by atoms with Crippen molar-refractivity contribution in [3.63, 3.8) is 0 Å². The molecule has 0 atom stereocenters. The summed E-state index contributed by atoms with van der Waals surface area (Å²) in [6, 6.07) is 12.8. The first-order valence-corrected chi connectivity index (χ1v) is 13.5. The van der Waals surface area contributed by atoms with Crippen LogP contribution in [0.2, 0.25) is 0 Å². The highest BCUT2D eigenvalue weighted by molar-refractivity contribution is 6.15. The highest BCUT2D eigenvalue weighted by atomic mass is 16.3. The Morgan fingerprint density at radius 3 is 2.00 bits per heavy atom. The van der Waals surface area contributed by atoms with Gasteiger partial charge in [-0.15, -0.1) is 0 Å². The van der Waals surface area contributed by atoms with E-state index >= 15 is 0 Å². The fourth-order valence-corrected chi connectivity index (χ4v) is 5.42. The predicted molar refractivity (Wildman–Crippen MR) is 176 cm³/mol. The van der Waals surface area contributed by atoms with Crippen LogP contribution < -0.4 is 0 Å². The van der Waals surface area contributed by atoms with Crippen LogP contribution in [0.15, 0.2) is 148 Å². The number of nitrogens with zero attached hydrogens (tertiary/aromatic N) is 3. The Labute approximate surface area is 268 Å². The Morgan fingerprint density at radius 2 is 1.16 bits per heavy atom. The van der Waals surface area contributed by atoms with Crippen molar-refractivity contribution in [1.82, 2.24) is 15.0 Å². The van der Waals surface area contributed by atoms with Gasteiger partial charge in [0.1, 0.15) is 22.3 Å². The average Bonchev–Trinajstić information content (AvgIpc) is 3.75. The molecule has 9 rings (SSSR count). The number of furan rings is 2. The molecule has 0 aliphatic heterocycles. The van der Waals surface area contributed by atoms with E-state index in [-0.39, 0.29) is 73.8 Å². The Kier molecular flexibility index (Phi) is 3.42. The van der Waals surface area contributed by atoms with Gasteiger partial charge >= 0.3 is 0 Å². The van der Waals surface area contributed by atoms with Gasteiger partial charge in [-0.2, -0.15) is 0 Å². The van der Waals surface area contributed by atoms with E-state index < -0.39 is 60.4 Å². The highest BCUT2D eigenvalue weighted by Gasteiger charge is 2.20. The van der Waals surface area contributed by atoms with Gasteiger partial charge in [0, 0.05) is 43.8 Å². The van der Waals surface area contributed by atoms with Crippen LogP contribution in [0.25, 0.3) is 89.2 Å². The molecule has 5 nitrogen and oxygen atoms in total. The van der Waals surface area contributed by atoms with Crippen LogP contribution in [-0.4, -0.2) is 15.0 Å². The van der Waals surface area contributed by atoms with E-state index in [0.717, 1.165) is 10.8 Å². The minimum Gasteiger partial charge on any atom is -0.456 e. The third kappa shape index (κ3) is 3.91. The molecule has 0 spiro atoms. The van der Waals surface area contributed by atoms with E-state index in [2.05, 4.69) is 9.97 Å². The maximum absolute atomic E-state index is 9.13. The maximum Gasteiger partial charge on any atom is 0.164 e. The summed E-state index contributed by atoms with van der Waals surface area (Å²) in [5.41, 5.74) is 1.56. The van der Waals surface area contributed by atoms with Crippen molar-refractivity contribution in [3.05, 3.63) is 139 Å². The summed E-state index contributed by atoms with van der Waals surface area (Å²) in [6.45, 7) is 0. The topological polar surface area (TPSA) is 65.0 Å². The smallest absolute Gasteiger partial charge is 0.164 e. The first-order chi connectivity index (χ1) is 26.7. The van der Waals surface area contributed by atoms with Crippen LogP contribution in [0.3, 0.4) is 0 Å². The van der Waals surface area contributed by atoms with Gasteiger partial charge < -0.3 is 8.83 Å². The zero-order valence-electron chi connectivity index (χ0n) is 34.5. The quantitative estimate of drug-likeness (QED) is 0.208. The molecule has 0 aliphatic rings. The van der Waals surface area contributed by atoms with Crippen molar-refractivity contribution in [1.29, 1.82) is 0 Å². The fourth-order valence-electron chi connectivity index (χ4n) is 5.42. The molecule has 6 aromatic carbocycles. The minimum absolute atomic E-state index is 0.0318. The Bertz CT molecular complexity index is 3140. The van der Waals surface area contributed by atoms with Crippen molar-refractivity contribution in [2.24, 2.45) is 0 Å². The van der Waals surface area contributed by atoms with Crippen LogP contribution in [0.1, 0.15) is 16.4 Å². The van der Waals surface area contributed by atoms with Gasteiger partial charge in [0.05, 0.1) is 16.4 Å².